The number of likely N-dealkylation sites (tertiary alicyclic amines) is 1. The molecule has 0 spiro atoms. The Bertz CT molecular complexity index is 209. The maximum atomic E-state index is 8.64. The Kier molecular flexibility index (Phi) is 4.37. The van der Waals surface area contributed by atoms with E-state index in [1.54, 1.807) is 0 Å². The Balaban J connectivity index is 2.46. The second kappa shape index (κ2) is 5.33. The summed E-state index contributed by atoms with van der Waals surface area (Å²) in [6.07, 6.45) is 1.85. The van der Waals surface area contributed by atoms with Crippen LogP contribution >= 0.6 is 0 Å². The molecule has 14 heavy (non-hydrogen) atoms. The van der Waals surface area contributed by atoms with Gasteiger partial charge in [0.05, 0.1) is 12.5 Å². The molecule has 1 saturated heterocycles. The first-order chi connectivity index (χ1) is 6.69. The predicted molar refractivity (Wildman–Crippen MR) is 57.6 cm³/mol. The molecule has 0 aromatic rings. The molecule has 0 aromatic heterocycles. The molecule has 1 rings (SSSR count). The van der Waals surface area contributed by atoms with Gasteiger partial charge in [0, 0.05) is 12.6 Å². The molecular weight excluding hydrogens is 174 g/mol. The average Bonchev–Trinajstić information content (AvgIpc) is 2.19. The third-order valence-corrected chi connectivity index (χ3v) is 3.46. The van der Waals surface area contributed by atoms with Crippen molar-refractivity contribution in [2.24, 2.45) is 17.6 Å². The first-order valence-electron chi connectivity index (χ1n) is 5.50. The molecule has 0 radical (unpaired) electrons. The molecule has 3 unspecified atom stereocenters. The van der Waals surface area contributed by atoms with E-state index in [0.29, 0.717) is 18.4 Å². The Morgan fingerprint density at radius 1 is 1.64 bits per heavy atom. The molecule has 1 heterocycles. The molecule has 0 aromatic carbocycles. The Labute approximate surface area is 86.9 Å². The lowest BCUT2D eigenvalue weighted by Gasteiger charge is -2.39. The maximum absolute atomic E-state index is 8.64. The average molecular weight is 195 g/mol. The number of nitrogens with two attached hydrogens (primary N) is 1. The van der Waals surface area contributed by atoms with E-state index in [4.69, 9.17) is 11.0 Å². The number of hydrogen-bond donors (Lipinski definition) is 1. The van der Waals surface area contributed by atoms with Gasteiger partial charge < -0.3 is 5.73 Å². The summed E-state index contributed by atoms with van der Waals surface area (Å²) in [5.41, 5.74) is 5.74. The zero-order chi connectivity index (χ0) is 10.6. The van der Waals surface area contributed by atoms with Crippen LogP contribution in [0.15, 0.2) is 0 Å². The molecule has 80 valence electrons. The van der Waals surface area contributed by atoms with Crippen LogP contribution in [0.3, 0.4) is 0 Å². The third kappa shape index (κ3) is 2.70. The van der Waals surface area contributed by atoms with Crippen molar-refractivity contribution in [3.63, 3.8) is 0 Å². The topological polar surface area (TPSA) is 53.0 Å². The minimum absolute atomic E-state index is 0.390. The highest BCUT2D eigenvalue weighted by atomic mass is 15.2. The van der Waals surface area contributed by atoms with Gasteiger partial charge in [-0.1, -0.05) is 6.92 Å². The minimum Gasteiger partial charge on any atom is -0.330 e. The van der Waals surface area contributed by atoms with E-state index in [2.05, 4.69) is 24.8 Å². The van der Waals surface area contributed by atoms with Crippen LogP contribution in [0.25, 0.3) is 0 Å². The van der Waals surface area contributed by atoms with Gasteiger partial charge in [-0.05, 0) is 38.3 Å². The highest BCUT2D eigenvalue weighted by molar-refractivity contribution is 4.85. The summed E-state index contributed by atoms with van der Waals surface area (Å²) < 4.78 is 0. The van der Waals surface area contributed by atoms with E-state index in [0.717, 1.165) is 25.6 Å². The van der Waals surface area contributed by atoms with Crippen molar-refractivity contribution in [1.29, 1.82) is 5.26 Å². The smallest absolute Gasteiger partial charge is 0.0638 e. The first kappa shape index (κ1) is 11.5. The Hall–Kier alpha value is -0.590. The molecule has 1 fully saturated rings. The maximum Gasteiger partial charge on any atom is 0.0638 e. The normalized spacial score (nSPS) is 31.0. The van der Waals surface area contributed by atoms with E-state index in [-0.39, 0.29) is 0 Å². The van der Waals surface area contributed by atoms with Crippen LogP contribution in [0.2, 0.25) is 0 Å². The van der Waals surface area contributed by atoms with Crippen molar-refractivity contribution in [3.8, 4) is 6.07 Å². The standard InChI is InChI=1S/C11H21N3/c1-9-4-6-14(8-11(9)7-13)10(2)3-5-12/h9-11H,3-4,6-8,13H2,1-2H3. The lowest BCUT2D eigenvalue weighted by Crippen LogP contribution is -2.46. The number of rotatable bonds is 3. The summed E-state index contributed by atoms with van der Waals surface area (Å²) >= 11 is 0. The van der Waals surface area contributed by atoms with Crippen molar-refractivity contribution in [3.05, 3.63) is 0 Å². The monoisotopic (exact) mass is 195 g/mol. The van der Waals surface area contributed by atoms with Gasteiger partial charge in [-0.15, -0.1) is 0 Å². The third-order valence-electron chi connectivity index (χ3n) is 3.46. The van der Waals surface area contributed by atoms with E-state index in [1.807, 2.05) is 0 Å². The van der Waals surface area contributed by atoms with Gasteiger partial charge in [0.2, 0.25) is 0 Å². The zero-order valence-electron chi connectivity index (χ0n) is 9.24. The fourth-order valence-corrected chi connectivity index (χ4v) is 2.15. The molecule has 3 nitrogen and oxygen atoms in total. The van der Waals surface area contributed by atoms with Crippen molar-refractivity contribution in [1.82, 2.24) is 4.90 Å². The number of piperidine rings is 1. The van der Waals surface area contributed by atoms with Gasteiger partial charge in [0.1, 0.15) is 0 Å². The van der Waals surface area contributed by atoms with Gasteiger partial charge >= 0.3 is 0 Å². The Morgan fingerprint density at radius 2 is 2.36 bits per heavy atom. The summed E-state index contributed by atoms with van der Waals surface area (Å²) in [7, 11) is 0. The van der Waals surface area contributed by atoms with E-state index < -0.39 is 0 Å². The molecule has 0 aliphatic carbocycles. The first-order valence-corrected chi connectivity index (χ1v) is 5.50. The van der Waals surface area contributed by atoms with E-state index >= 15 is 0 Å². The van der Waals surface area contributed by atoms with Gasteiger partial charge in [-0.2, -0.15) is 5.26 Å². The zero-order valence-corrected chi connectivity index (χ0v) is 9.24. The van der Waals surface area contributed by atoms with Gasteiger partial charge in [0.15, 0.2) is 0 Å². The van der Waals surface area contributed by atoms with Gasteiger partial charge in [-0.25, -0.2) is 0 Å². The summed E-state index contributed by atoms with van der Waals surface area (Å²) in [5.74, 6) is 1.36. The summed E-state index contributed by atoms with van der Waals surface area (Å²) in [6, 6.07) is 2.63. The van der Waals surface area contributed by atoms with Crippen LogP contribution in [-0.2, 0) is 0 Å². The molecule has 0 saturated carbocycles. The van der Waals surface area contributed by atoms with Crippen molar-refractivity contribution in [2.75, 3.05) is 19.6 Å². The van der Waals surface area contributed by atoms with Crippen LogP contribution in [0.1, 0.15) is 26.7 Å². The van der Waals surface area contributed by atoms with Crippen molar-refractivity contribution < 1.29 is 0 Å². The second-order valence-corrected chi connectivity index (χ2v) is 4.47. The van der Waals surface area contributed by atoms with Crippen LogP contribution in [0.5, 0.6) is 0 Å². The predicted octanol–water partition coefficient (Wildman–Crippen LogP) is 1.21. The van der Waals surface area contributed by atoms with Crippen LogP contribution < -0.4 is 5.73 Å². The number of nitriles is 1. The quantitative estimate of drug-likeness (QED) is 0.736. The number of hydrogen-bond acceptors (Lipinski definition) is 3. The SMILES string of the molecule is CC1CCN(C(C)CC#N)CC1CN. The molecule has 0 bridgehead atoms. The molecule has 2 N–H and O–H groups in total. The van der Waals surface area contributed by atoms with Crippen LogP contribution in [-0.4, -0.2) is 30.6 Å². The summed E-state index contributed by atoms with van der Waals surface area (Å²) in [4.78, 5) is 2.40. The van der Waals surface area contributed by atoms with E-state index in [9.17, 15) is 0 Å². The highest BCUT2D eigenvalue weighted by Crippen LogP contribution is 2.24. The van der Waals surface area contributed by atoms with E-state index in [1.165, 1.54) is 6.42 Å². The number of nitrogens with zero attached hydrogens (tertiary/aromatic N) is 2. The Morgan fingerprint density at radius 3 is 2.93 bits per heavy atom. The van der Waals surface area contributed by atoms with Crippen molar-refractivity contribution in [2.45, 2.75) is 32.7 Å². The molecule has 1 aliphatic heterocycles. The highest BCUT2D eigenvalue weighted by Gasteiger charge is 2.27. The molecular formula is C11H21N3. The fraction of sp³-hybridized carbons (Fsp3) is 0.909. The second-order valence-electron chi connectivity index (χ2n) is 4.47. The van der Waals surface area contributed by atoms with Gasteiger partial charge in [0.25, 0.3) is 0 Å². The molecule has 1 aliphatic rings. The van der Waals surface area contributed by atoms with Crippen molar-refractivity contribution >= 4 is 0 Å². The summed E-state index contributed by atoms with van der Waals surface area (Å²) in [6.45, 7) is 7.38. The van der Waals surface area contributed by atoms with Crippen LogP contribution in [0.4, 0.5) is 0 Å². The van der Waals surface area contributed by atoms with Crippen LogP contribution in [0, 0.1) is 23.2 Å². The van der Waals surface area contributed by atoms with Gasteiger partial charge in [-0.3, -0.25) is 4.90 Å². The fourth-order valence-electron chi connectivity index (χ4n) is 2.15. The minimum atomic E-state index is 0.390. The lowest BCUT2D eigenvalue weighted by atomic mass is 9.86. The lowest BCUT2D eigenvalue weighted by molar-refractivity contribution is 0.0994. The molecule has 3 atom stereocenters. The molecule has 0 amide bonds. The largest absolute Gasteiger partial charge is 0.330 e. The summed E-state index contributed by atoms with van der Waals surface area (Å²) in [5, 5.41) is 8.64. The molecule has 3 heteroatoms.